The van der Waals surface area contributed by atoms with Gasteiger partial charge < -0.3 is 9.67 Å². The molecule has 3 rings (SSSR count). The number of benzene rings is 2. The molecule has 5 nitrogen and oxygen atoms in total. The molecule has 3 aromatic rings. The third-order valence-corrected chi connectivity index (χ3v) is 5.05. The molecule has 0 atom stereocenters. The molecule has 0 saturated heterocycles. The SMILES string of the molecule is O=C(O)Cn1/c(=N/C(=O)c2cccc(C(F)(F)F)c2)sc2c(F)c(Cl)ccc21. The molecule has 146 valence electrons. The van der Waals surface area contributed by atoms with Gasteiger partial charge in [0.2, 0.25) is 0 Å². The van der Waals surface area contributed by atoms with Gasteiger partial charge in [0.25, 0.3) is 5.91 Å². The fourth-order valence-electron chi connectivity index (χ4n) is 2.43. The first kappa shape index (κ1) is 20.0. The summed E-state index contributed by atoms with van der Waals surface area (Å²) in [6.45, 7) is -0.629. The molecule has 1 N–H and O–H groups in total. The fourth-order valence-corrected chi connectivity index (χ4v) is 3.71. The van der Waals surface area contributed by atoms with Crippen molar-refractivity contribution in [3.05, 3.63) is 63.2 Å². The number of aliphatic carboxylic acids is 1. The van der Waals surface area contributed by atoms with Gasteiger partial charge in [-0.25, -0.2) is 4.39 Å². The normalized spacial score (nSPS) is 12.5. The van der Waals surface area contributed by atoms with Crippen LogP contribution in [0.15, 0.2) is 41.4 Å². The Labute approximate surface area is 163 Å². The predicted octanol–water partition coefficient (Wildman–Crippen LogP) is 4.34. The number of carboxylic acid groups (broad SMARTS) is 1. The van der Waals surface area contributed by atoms with Gasteiger partial charge in [-0.15, -0.1) is 0 Å². The second-order valence-electron chi connectivity index (χ2n) is 5.57. The van der Waals surface area contributed by atoms with Gasteiger partial charge in [-0.3, -0.25) is 9.59 Å². The Morgan fingerprint density at radius 3 is 2.57 bits per heavy atom. The number of fused-ring (bicyclic) bond motifs is 1. The maximum absolute atomic E-state index is 14.2. The lowest BCUT2D eigenvalue weighted by Crippen LogP contribution is -2.21. The topological polar surface area (TPSA) is 71.7 Å². The number of thiazole rings is 1. The van der Waals surface area contributed by atoms with Gasteiger partial charge in [-0.1, -0.05) is 29.0 Å². The molecule has 2 aromatic carbocycles. The molecular weight excluding hydrogens is 424 g/mol. The Balaban J connectivity index is 2.17. The molecule has 0 aliphatic rings. The number of hydrogen-bond donors (Lipinski definition) is 1. The maximum Gasteiger partial charge on any atom is 0.416 e. The van der Waals surface area contributed by atoms with Gasteiger partial charge in [0.15, 0.2) is 10.6 Å². The number of amides is 1. The highest BCUT2D eigenvalue weighted by molar-refractivity contribution is 7.16. The Morgan fingerprint density at radius 1 is 1.21 bits per heavy atom. The second-order valence-corrected chi connectivity index (χ2v) is 6.95. The average molecular weight is 433 g/mol. The van der Waals surface area contributed by atoms with E-state index in [0.29, 0.717) is 17.4 Å². The molecule has 1 heterocycles. The summed E-state index contributed by atoms with van der Waals surface area (Å²) in [4.78, 5) is 27.0. The lowest BCUT2D eigenvalue weighted by atomic mass is 10.1. The molecule has 0 radical (unpaired) electrons. The molecule has 1 amide bonds. The van der Waals surface area contributed by atoms with Crippen LogP contribution in [0.5, 0.6) is 0 Å². The van der Waals surface area contributed by atoms with Crippen LogP contribution >= 0.6 is 22.9 Å². The van der Waals surface area contributed by atoms with Crippen LogP contribution in [-0.2, 0) is 17.5 Å². The number of carbonyl (C=O) groups excluding carboxylic acids is 1. The maximum atomic E-state index is 14.2. The molecule has 0 aliphatic carbocycles. The van der Waals surface area contributed by atoms with Crippen molar-refractivity contribution >= 4 is 45.0 Å². The van der Waals surface area contributed by atoms with Crippen molar-refractivity contribution < 1.29 is 32.3 Å². The lowest BCUT2D eigenvalue weighted by Gasteiger charge is -2.06. The average Bonchev–Trinajstić information content (AvgIpc) is 2.95. The summed E-state index contributed by atoms with van der Waals surface area (Å²) >= 11 is 6.39. The Hall–Kier alpha value is -2.72. The summed E-state index contributed by atoms with van der Waals surface area (Å²) in [6, 6.07) is 6.24. The van der Waals surface area contributed by atoms with Gasteiger partial charge in [0.1, 0.15) is 6.54 Å². The highest BCUT2D eigenvalue weighted by atomic mass is 35.5. The number of alkyl halides is 3. The third kappa shape index (κ3) is 3.92. The highest BCUT2D eigenvalue weighted by Gasteiger charge is 2.30. The second kappa shape index (κ2) is 7.36. The van der Waals surface area contributed by atoms with Crippen molar-refractivity contribution in [3.63, 3.8) is 0 Å². The molecular formula is C17H9ClF4N2O3S. The standard InChI is InChI=1S/C17H9ClF4N2O3S/c18-10-4-5-11-14(13(10)19)28-16(24(11)7-12(25)26)23-15(27)8-2-1-3-9(6-8)17(20,21)22/h1-6H,7H2,(H,25,26)/b23-16-. The van der Waals surface area contributed by atoms with E-state index in [-0.39, 0.29) is 25.6 Å². The van der Waals surface area contributed by atoms with Crippen molar-refractivity contribution in [2.24, 2.45) is 4.99 Å². The van der Waals surface area contributed by atoms with Crippen LogP contribution in [0.3, 0.4) is 0 Å². The quantitative estimate of drug-likeness (QED) is 0.626. The minimum Gasteiger partial charge on any atom is -0.480 e. The van der Waals surface area contributed by atoms with Crippen molar-refractivity contribution in [3.8, 4) is 0 Å². The number of carbonyl (C=O) groups is 2. The summed E-state index contributed by atoms with van der Waals surface area (Å²) in [6.07, 6.45) is -4.64. The highest BCUT2D eigenvalue weighted by Crippen LogP contribution is 2.30. The van der Waals surface area contributed by atoms with Gasteiger partial charge >= 0.3 is 12.1 Å². The minimum atomic E-state index is -4.64. The smallest absolute Gasteiger partial charge is 0.416 e. The summed E-state index contributed by atoms with van der Waals surface area (Å²) < 4.78 is 53.8. The number of hydrogen-bond acceptors (Lipinski definition) is 3. The van der Waals surface area contributed by atoms with Crippen LogP contribution in [0.4, 0.5) is 17.6 Å². The minimum absolute atomic E-state index is 0.0238. The first-order valence-corrected chi connectivity index (χ1v) is 8.73. The first-order chi connectivity index (χ1) is 13.1. The molecule has 1 aromatic heterocycles. The van der Waals surface area contributed by atoms with Crippen LogP contribution in [0.1, 0.15) is 15.9 Å². The number of aromatic nitrogens is 1. The zero-order valence-electron chi connectivity index (χ0n) is 13.6. The lowest BCUT2D eigenvalue weighted by molar-refractivity contribution is -0.138. The van der Waals surface area contributed by atoms with Crippen LogP contribution in [0.25, 0.3) is 10.2 Å². The molecule has 0 aliphatic heterocycles. The number of carboxylic acids is 1. The zero-order chi connectivity index (χ0) is 20.6. The molecule has 0 saturated carbocycles. The van der Waals surface area contributed by atoms with Crippen LogP contribution in [-0.4, -0.2) is 21.6 Å². The predicted molar refractivity (Wildman–Crippen MR) is 93.8 cm³/mol. The zero-order valence-corrected chi connectivity index (χ0v) is 15.2. The third-order valence-electron chi connectivity index (χ3n) is 3.67. The van der Waals surface area contributed by atoms with E-state index in [1.54, 1.807) is 0 Å². The first-order valence-electron chi connectivity index (χ1n) is 7.53. The summed E-state index contributed by atoms with van der Waals surface area (Å²) in [5, 5.41) is 8.88. The van der Waals surface area contributed by atoms with Gasteiger partial charge in [0, 0.05) is 5.56 Å². The molecule has 0 spiro atoms. The number of nitrogens with zero attached hydrogens (tertiary/aromatic N) is 2. The van der Waals surface area contributed by atoms with Crippen LogP contribution in [0.2, 0.25) is 5.02 Å². The van der Waals surface area contributed by atoms with Gasteiger partial charge in [-0.2, -0.15) is 18.2 Å². The Morgan fingerprint density at radius 2 is 1.93 bits per heavy atom. The van der Waals surface area contributed by atoms with Crippen molar-refractivity contribution in [1.82, 2.24) is 4.57 Å². The van der Waals surface area contributed by atoms with E-state index in [2.05, 4.69) is 4.99 Å². The number of rotatable bonds is 3. The van der Waals surface area contributed by atoms with Crippen LogP contribution in [0, 0.1) is 5.82 Å². The van der Waals surface area contributed by atoms with Crippen molar-refractivity contribution in [1.29, 1.82) is 0 Å². The molecule has 0 unspecified atom stereocenters. The van der Waals surface area contributed by atoms with E-state index >= 15 is 0 Å². The van der Waals surface area contributed by atoms with Crippen molar-refractivity contribution in [2.45, 2.75) is 12.7 Å². The van der Waals surface area contributed by atoms with E-state index in [1.807, 2.05) is 0 Å². The summed E-state index contributed by atoms with van der Waals surface area (Å²) in [7, 11) is 0. The summed E-state index contributed by atoms with van der Waals surface area (Å²) in [5.74, 6) is -3.11. The molecule has 0 fully saturated rings. The molecule has 28 heavy (non-hydrogen) atoms. The number of halogens is 5. The van der Waals surface area contributed by atoms with E-state index in [1.165, 1.54) is 12.1 Å². The summed E-state index contributed by atoms with van der Waals surface area (Å²) in [5.41, 5.74) is -1.22. The van der Waals surface area contributed by atoms with Gasteiger partial charge in [0.05, 0.1) is 20.8 Å². The van der Waals surface area contributed by atoms with E-state index in [4.69, 9.17) is 16.7 Å². The molecule has 11 heteroatoms. The monoisotopic (exact) mass is 432 g/mol. The van der Waals surface area contributed by atoms with Gasteiger partial charge in [-0.05, 0) is 30.3 Å². The Bertz CT molecular complexity index is 1170. The fraction of sp³-hybridized carbons (Fsp3) is 0.118. The molecule has 0 bridgehead atoms. The van der Waals surface area contributed by atoms with Crippen molar-refractivity contribution in [2.75, 3.05) is 0 Å². The van der Waals surface area contributed by atoms with E-state index in [0.717, 1.165) is 22.8 Å². The van der Waals surface area contributed by atoms with E-state index in [9.17, 15) is 27.2 Å². The Kier molecular flexibility index (Phi) is 5.26. The van der Waals surface area contributed by atoms with E-state index < -0.39 is 36.0 Å². The largest absolute Gasteiger partial charge is 0.480 e. The van der Waals surface area contributed by atoms with Crippen LogP contribution < -0.4 is 4.80 Å².